The third kappa shape index (κ3) is 1.53. The second kappa shape index (κ2) is 3.25. The normalized spacial score (nSPS) is 11.1. The largest absolute Gasteiger partial charge is 0.423 e. The fourth-order valence-electron chi connectivity index (χ4n) is 1.25. The summed E-state index contributed by atoms with van der Waals surface area (Å²) in [4.78, 5) is 10.8. The van der Waals surface area contributed by atoms with Crippen molar-refractivity contribution in [2.75, 3.05) is 0 Å². The molecule has 1 aromatic heterocycles. The lowest BCUT2D eigenvalue weighted by atomic mass is 10.1. The standard InChI is InChI=1S/C10H8O4/c11-9-4-2-6-5-7(10(12)13)1-3-8(6)14-9/h1-5,10,12-13H. The van der Waals surface area contributed by atoms with Crippen LogP contribution >= 0.6 is 0 Å². The molecule has 1 heterocycles. The van der Waals surface area contributed by atoms with E-state index in [1.807, 2.05) is 0 Å². The molecule has 0 radical (unpaired) electrons. The zero-order valence-corrected chi connectivity index (χ0v) is 7.18. The van der Waals surface area contributed by atoms with Crippen molar-refractivity contribution in [3.8, 4) is 0 Å². The Morgan fingerprint density at radius 1 is 1.14 bits per heavy atom. The van der Waals surface area contributed by atoms with E-state index in [2.05, 4.69) is 0 Å². The van der Waals surface area contributed by atoms with E-state index in [9.17, 15) is 4.79 Å². The Hall–Kier alpha value is -1.65. The van der Waals surface area contributed by atoms with Gasteiger partial charge in [0, 0.05) is 17.0 Å². The summed E-state index contributed by atoms with van der Waals surface area (Å²) in [5.74, 6) is 0. The second-order valence-electron chi connectivity index (χ2n) is 2.93. The predicted molar refractivity (Wildman–Crippen MR) is 49.7 cm³/mol. The number of hydrogen-bond acceptors (Lipinski definition) is 4. The zero-order valence-electron chi connectivity index (χ0n) is 7.18. The van der Waals surface area contributed by atoms with E-state index in [1.54, 1.807) is 12.1 Å². The number of hydrogen-bond donors (Lipinski definition) is 2. The van der Waals surface area contributed by atoms with E-state index in [0.29, 0.717) is 16.5 Å². The molecule has 0 unspecified atom stereocenters. The first-order valence-electron chi connectivity index (χ1n) is 4.07. The first-order chi connectivity index (χ1) is 6.66. The number of benzene rings is 1. The molecule has 0 aliphatic rings. The van der Waals surface area contributed by atoms with Crippen LogP contribution in [-0.4, -0.2) is 10.2 Å². The van der Waals surface area contributed by atoms with Crippen LogP contribution in [0.25, 0.3) is 11.0 Å². The Kier molecular flexibility index (Phi) is 2.07. The maximum atomic E-state index is 10.8. The lowest BCUT2D eigenvalue weighted by Gasteiger charge is -2.03. The van der Waals surface area contributed by atoms with E-state index < -0.39 is 11.9 Å². The highest BCUT2D eigenvalue weighted by Gasteiger charge is 2.04. The molecule has 0 aliphatic heterocycles. The Morgan fingerprint density at radius 2 is 1.93 bits per heavy atom. The van der Waals surface area contributed by atoms with E-state index in [0.717, 1.165) is 0 Å². The molecule has 14 heavy (non-hydrogen) atoms. The molecule has 2 N–H and O–H groups in total. The molecule has 0 saturated heterocycles. The van der Waals surface area contributed by atoms with Crippen LogP contribution in [-0.2, 0) is 0 Å². The number of aliphatic hydroxyl groups excluding tert-OH is 1. The van der Waals surface area contributed by atoms with Gasteiger partial charge in [-0.1, -0.05) is 6.07 Å². The second-order valence-corrected chi connectivity index (χ2v) is 2.93. The van der Waals surface area contributed by atoms with Gasteiger partial charge in [-0.15, -0.1) is 0 Å². The van der Waals surface area contributed by atoms with Gasteiger partial charge in [0.15, 0.2) is 6.29 Å². The number of aliphatic hydroxyl groups is 2. The van der Waals surface area contributed by atoms with Crippen LogP contribution in [0.5, 0.6) is 0 Å². The number of rotatable bonds is 1. The van der Waals surface area contributed by atoms with Gasteiger partial charge in [-0.05, 0) is 18.2 Å². The highest BCUT2D eigenvalue weighted by atomic mass is 16.5. The first-order valence-corrected chi connectivity index (χ1v) is 4.07. The Labute approximate surface area is 79.0 Å². The van der Waals surface area contributed by atoms with Crippen LogP contribution in [0.1, 0.15) is 11.9 Å². The maximum absolute atomic E-state index is 10.8. The average molecular weight is 192 g/mol. The summed E-state index contributed by atoms with van der Waals surface area (Å²) in [6.07, 6.45) is -1.51. The zero-order chi connectivity index (χ0) is 10.1. The molecule has 0 saturated carbocycles. The highest BCUT2D eigenvalue weighted by molar-refractivity contribution is 5.76. The van der Waals surface area contributed by atoms with Crippen LogP contribution in [0.15, 0.2) is 39.5 Å². The molecule has 0 fully saturated rings. The highest BCUT2D eigenvalue weighted by Crippen LogP contribution is 2.17. The Bertz CT molecular complexity index is 513. The average Bonchev–Trinajstić information content (AvgIpc) is 2.16. The van der Waals surface area contributed by atoms with Crippen molar-refractivity contribution in [2.24, 2.45) is 0 Å². The third-order valence-electron chi connectivity index (χ3n) is 1.94. The van der Waals surface area contributed by atoms with Crippen molar-refractivity contribution < 1.29 is 14.6 Å². The molecule has 1 aromatic carbocycles. The first kappa shape index (κ1) is 8.93. The van der Waals surface area contributed by atoms with Gasteiger partial charge in [-0.3, -0.25) is 0 Å². The SMILES string of the molecule is O=c1ccc2cc(C(O)O)ccc2o1. The minimum absolute atomic E-state index is 0.367. The van der Waals surface area contributed by atoms with Gasteiger partial charge in [-0.2, -0.15) is 0 Å². The maximum Gasteiger partial charge on any atom is 0.336 e. The van der Waals surface area contributed by atoms with E-state index in [1.165, 1.54) is 18.2 Å². The van der Waals surface area contributed by atoms with Gasteiger partial charge < -0.3 is 14.6 Å². The molecule has 0 atom stereocenters. The molecule has 2 rings (SSSR count). The molecule has 0 aliphatic carbocycles. The summed E-state index contributed by atoms with van der Waals surface area (Å²) in [5.41, 5.74) is 0.378. The topological polar surface area (TPSA) is 70.7 Å². The minimum Gasteiger partial charge on any atom is -0.423 e. The summed E-state index contributed by atoms with van der Waals surface area (Å²) >= 11 is 0. The molecular weight excluding hydrogens is 184 g/mol. The van der Waals surface area contributed by atoms with Crippen molar-refractivity contribution in [3.63, 3.8) is 0 Å². The number of fused-ring (bicyclic) bond motifs is 1. The minimum atomic E-state index is -1.51. The predicted octanol–water partition coefficient (Wildman–Crippen LogP) is 0.776. The van der Waals surface area contributed by atoms with Gasteiger partial charge in [-0.25, -0.2) is 4.79 Å². The molecule has 2 aromatic rings. The van der Waals surface area contributed by atoms with E-state index in [4.69, 9.17) is 14.6 Å². The Morgan fingerprint density at radius 3 is 2.64 bits per heavy atom. The molecule has 0 bridgehead atoms. The van der Waals surface area contributed by atoms with Gasteiger partial charge >= 0.3 is 5.63 Å². The van der Waals surface area contributed by atoms with Gasteiger partial charge in [0.1, 0.15) is 5.58 Å². The summed E-state index contributed by atoms with van der Waals surface area (Å²) in [7, 11) is 0. The van der Waals surface area contributed by atoms with Crippen molar-refractivity contribution in [3.05, 3.63) is 46.3 Å². The van der Waals surface area contributed by atoms with Crippen LogP contribution in [0.2, 0.25) is 0 Å². The molecule has 4 heteroatoms. The summed E-state index contributed by atoms with van der Waals surface area (Å²) < 4.78 is 4.88. The quantitative estimate of drug-likeness (QED) is 0.517. The van der Waals surface area contributed by atoms with Crippen molar-refractivity contribution in [2.45, 2.75) is 6.29 Å². The molecule has 0 spiro atoms. The summed E-state index contributed by atoms with van der Waals surface area (Å²) in [6.45, 7) is 0. The van der Waals surface area contributed by atoms with Gasteiger partial charge in [0.25, 0.3) is 0 Å². The monoisotopic (exact) mass is 192 g/mol. The van der Waals surface area contributed by atoms with E-state index >= 15 is 0 Å². The Balaban J connectivity index is 2.67. The lowest BCUT2D eigenvalue weighted by molar-refractivity contribution is -0.0423. The van der Waals surface area contributed by atoms with Gasteiger partial charge in [0.2, 0.25) is 0 Å². The van der Waals surface area contributed by atoms with Crippen LogP contribution < -0.4 is 5.63 Å². The fraction of sp³-hybridized carbons (Fsp3) is 0.100. The summed E-state index contributed by atoms with van der Waals surface area (Å²) in [5, 5.41) is 18.5. The van der Waals surface area contributed by atoms with Crippen LogP contribution in [0.4, 0.5) is 0 Å². The fourth-order valence-corrected chi connectivity index (χ4v) is 1.25. The molecule has 72 valence electrons. The molecular formula is C10H8O4. The van der Waals surface area contributed by atoms with Crippen molar-refractivity contribution >= 4 is 11.0 Å². The molecule has 4 nitrogen and oxygen atoms in total. The van der Waals surface area contributed by atoms with Gasteiger partial charge in [0.05, 0.1) is 0 Å². The van der Waals surface area contributed by atoms with E-state index in [-0.39, 0.29) is 0 Å². The van der Waals surface area contributed by atoms with Crippen LogP contribution in [0.3, 0.4) is 0 Å². The van der Waals surface area contributed by atoms with Crippen molar-refractivity contribution in [1.29, 1.82) is 0 Å². The third-order valence-corrected chi connectivity index (χ3v) is 1.94. The lowest BCUT2D eigenvalue weighted by Crippen LogP contribution is -1.97. The summed E-state index contributed by atoms with van der Waals surface area (Å²) in [6, 6.07) is 7.45. The van der Waals surface area contributed by atoms with Crippen LogP contribution in [0, 0.1) is 0 Å². The molecule has 0 amide bonds. The van der Waals surface area contributed by atoms with Crippen molar-refractivity contribution in [1.82, 2.24) is 0 Å². The smallest absolute Gasteiger partial charge is 0.336 e.